The molecular formula is C23H22ClN5O3. The summed E-state index contributed by atoms with van der Waals surface area (Å²) in [4.78, 5) is 28.3. The van der Waals surface area contributed by atoms with E-state index < -0.39 is 5.91 Å². The molecule has 2 aromatic heterocycles. The zero-order valence-corrected chi connectivity index (χ0v) is 18.0. The number of hydrogen-bond donors (Lipinski definition) is 2. The van der Waals surface area contributed by atoms with E-state index in [0.29, 0.717) is 22.0 Å². The predicted octanol–water partition coefficient (Wildman–Crippen LogP) is 3.14. The summed E-state index contributed by atoms with van der Waals surface area (Å²) >= 11 is 6.21. The molecule has 9 heteroatoms. The molecule has 1 spiro atoms. The summed E-state index contributed by atoms with van der Waals surface area (Å²) < 4.78 is 7.50. The Balaban J connectivity index is 1.12. The first-order chi connectivity index (χ1) is 15.4. The fourth-order valence-electron chi connectivity index (χ4n) is 4.72. The van der Waals surface area contributed by atoms with Crippen molar-refractivity contribution in [1.82, 2.24) is 20.1 Å². The summed E-state index contributed by atoms with van der Waals surface area (Å²) in [6.45, 7) is 0. The summed E-state index contributed by atoms with van der Waals surface area (Å²) in [5, 5.41) is 7.91. The van der Waals surface area contributed by atoms with E-state index in [4.69, 9.17) is 22.1 Å². The van der Waals surface area contributed by atoms with Gasteiger partial charge in [-0.25, -0.2) is 9.67 Å². The second-order valence-electron chi connectivity index (χ2n) is 8.57. The minimum Gasteiger partial charge on any atom is -0.474 e. The maximum absolute atomic E-state index is 12.6. The van der Waals surface area contributed by atoms with E-state index in [1.54, 1.807) is 41.5 Å². The zero-order chi connectivity index (χ0) is 22.3. The highest BCUT2D eigenvalue weighted by atomic mass is 35.5. The zero-order valence-electron chi connectivity index (χ0n) is 17.2. The smallest absolute Gasteiger partial charge is 0.254 e. The maximum atomic E-state index is 12.6. The molecule has 0 bridgehead atoms. The van der Waals surface area contributed by atoms with Crippen LogP contribution in [0.1, 0.15) is 46.4 Å². The minimum atomic E-state index is -0.550. The molecule has 0 atom stereocenters. The monoisotopic (exact) mass is 451 g/mol. The average Bonchev–Trinajstić information content (AvgIpc) is 3.21. The van der Waals surface area contributed by atoms with Crippen LogP contribution in [-0.2, 0) is 0 Å². The molecule has 2 fully saturated rings. The maximum Gasteiger partial charge on any atom is 0.254 e. The number of nitrogens with one attached hydrogen (secondary N) is 1. The summed E-state index contributed by atoms with van der Waals surface area (Å²) in [7, 11) is 0. The Hall–Kier alpha value is -3.39. The van der Waals surface area contributed by atoms with Gasteiger partial charge in [-0.15, -0.1) is 0 Å². The van der Waals surface area contributed by atoms with Crippen molar-refractivity contribution in [2.75, 3.05) is 0 Å². The molecule has 2 amide bonds. The average molecular weight is 452 g/mol. The Kier molecular flexibility index (Phi) is 5.09. The molecule has 0 unspecified atom stereocenters. The van der Waals surface area contributed by atoms with E-state index in [9.17, 15) is 9.59 Å². The fraction of sp³-hybridized carbons (Fsp3) is 0.304. The lowest BCUT2D eigenvalue weighted by atomic mass is 9.53. The Morgan fingerprint density at radius 1 is 1.16 bits per heavy atom. The van der Waals surface area contributed by atoms with Crippen LogP contribution in [0.15, 0.2) is 55.0 Å². The first kappa shape index (κ1) is 20.5. The standard InChI is InChI=1S/C23H22ClN5O3/c24-18-5-1-2-6-19(18)29-13-14(12-27-29)21(31)28-15-8-23(9-15)10-16(11-23)32-22-17(20(25)30)4-3-7-26-22/h1-7,12-13,15-16H,8-11H2,(H2,25,30)(H,28,31). The number of aromatic nitrogens is 3. The SMILES string of the molecule is NC(=O)c1cccnc1OC1CC2(CC(NC(=O)c3cnn(-c4ccccc4Cl)c3)C2)C1. The minimum absolute atomic E-state index is 0.00787. The van der Waals surface area contributed by atoms with Gasteiger partial charge in [-0.05, 0) is 55.4 Å². The van der Waals surface area contributed by atoms with Gasteiger partial charge in [0.15, 0.2) is 0 Å². The quantitative estimate of drug-likeness (QED) is 0.597. The van der Waals surface area contributed by atoms with Gasteiger partial charge >= 0.3 is 0 Å². The third-order valence-electron chi connectivity index (χ3n) is 6.27. The largest absolute Gasteiger partial charge is 0.474 e. The molecular weight excluding hydrogens is 430 g/mol. The fourth-order valence-corrected chi connectivity index (χ4v) is 4.94. The highest BCUT2D eigenvalue weighted by Gasteiger charge is 2.54. The van der Waals surface area contributed by atoms with Crippen molar-refractivity contribution in [3.8, 4) is 11.6 Å². The number of halogens is 1. The van der Waals surface area contributed by atoms with Crippen LogP contribution < -0.4 is 15.8 Å². The Bertz CT molecular complexity index is 1180. The van der Waals surface area contributed by atoms with E-state index in [1.165, 1.54) is 0 Å². The van der Waals surface area contributed by atoms with E-state index in [0.717, 1.165) is 31.4 Å². The first-order valence-electron chi connectivity index (χ1n) is 10.4. The number of carbonyl (C=O) groups is 2. The number of rotatable bonds is 6. The van der Waals surface area contributed by atoms with Gasteiger partial charge in [-0.1, -0.05) is 23.7 Å². The van der Waals surface area contributed by atoms with Crippen LogP contribution in [0.25, 0.3) is 5.69 Å². The summed E-state index contributed by atoms with van der Waals surface area (Å²) in [6, 6.07) is 10.7. The lowest BCUT2D eigenvalue weighted by Gasteiger charge is -2.57. The van der Waals surface area contributed by atoms with E-state index in [-0.39, 0.29) is 23.5 Å². The van der Waals surface area contributed by atoms with Gasteiger partial charge in [0.2, 0.25) is 5.88 Å². The molecule has 2 heterocycles. The third-order valence-corrected chi connectivity index (χ3v) is 6.59. The number of benzene rings is 1. The Morgan fingerprint density at radius 3 is 2.69 bits per heavy atom. The van der Waals surface area contributed by atoms with Crippen molar-refractivity contribution < 1.29 is 14.3 Å². The first-order valence-corrected chi connectivity index (χ1v) is 10.8. The number of primary amides is 1. The number of para-hydroxylation sites is 1. The van der Waals surface area contributed by atoms with Crippen LogP contribution in [-0.4, -0.2) is 38.7 Å². The van der Waals surface area contributed by atoms with Crippen LogP contribution in [0.5, 0.6) is 5.88 Å². The number of hydrogen-bond acceptors (Lipinski definition) is 5. The summed E-state index contributed by atoms with van der Waals surface area (Å²) in [5.74, 6) is -0.402. The van der Waals surface area contributed by atoms with Crippen LogP contribution in [0.2, 0.25) is 5.02 Å². The topological polar surface area (TPSA) is 112 Å². The number of amides is 2. The molecule has 8 nitrogen and oxygen atoms in total. The van der Waals surface area contributed by atoms with Crippen molar-refractivity contribution in [1.29, 1.82) is 0 Å². The Morgan fingerprint density at radius 2 is 1.94 bits per heavy atom. The van der Waals surface area contributed by atoms with Crippen LogP contribution in [0, 0.1) is 5.41 Å². The van der Waals surface area contributed by atoms with Crippen molar-refractivity contribution in [2.45, 2.75) is 37.8 Å². The van der Waals surface area contributed by atoms with Crippen molar-refractivity contribution >= 4 is 23.4 Å². The van der Waals surface area contributed by atoms with Gasteiger partial charge in [-0.2, -0.15) is 5.10 Å². The summed E-state index contributed by atoms with van der Waals surface area (Å²) in [6.07, 6.45) is 8.37. The van der Waals surface area contributed by atoms with Crippen molar-refractivity contribution in [3.63, 3.8) is 0 Å². The molecule has 0 saturated heterocycles. The molecule has 3 N–H and O–H groups in total. The molecule has 2 aliphatic carbocycles. The number of pyridine rings is 1. The number of nitrogens with two attached hydrogens (primary N) is 1. The van der Waals surface area contributed by atoms with E-state index in [2.05, 4.69) is 15.4 Å². The van der Waals surface area contributed by atoms with Crippen LogP contribution in [0.3, 0.4) is 0 Å². The third kappa shape index (κ3) is 3.82. The second kappa shape index (κ2) is 7.94. The number of carbonyl (C=O) groups excluding carboxylic acids is 2. The Labute approximate surface area is 189 Å². The molecule has 1 aromatic carbocycles. The van der Waals surface area contributed by atoms with Crippen molar-refractivity contribution in [2.24, 2.45) is 11.1 Å². The van der Waals surface area contributed by atoms with Gasteiger partial charge in [0, 0.05) is 18.4 Å². The highest BCUT2D eigenvalue weighted by molar-refractivity contribution is 6.32. The van der Waals surface area contributed by atoms with Gasteiger partial charge in [-0.3, -0.25) is 9.59 Å². The number of ether oxygens (including phenoxy) is 1. The van der Waals surface area contributed by atoms with Crippen molar-refractivity contribution in [3.05, 3.63) is 71.1 Å². The molecule has 32 heavy (non-hydrogen) atoms. The lowest BCUT2D eigenvalue weighted by Crippen LogP contribution is -2.58. The second-order valence-corrected chi connectivity index (χ2v) is 8.98. The van der Waals surface area contributed by atoms with Gasteiger partial charge in [0.25, 0.3) is 11.8 Å². The molecule has 2 aliphatic rings. The molecule has 3 aromatic rings. The molecule has 2 saturated carbocycles. The lowest BCUT2D eigenvalue weighted by molar-refractivity contribution is -0.0848. The van der Waals surface area contributed by atoms with Crippen LogP contribution >= 0.6 is 11.6 Å². The highest BCUT2D eigenvalue weighted by Crippen LogP contribution is 2.56. The molecule has 0 aliphatic heterocycles. The van der Waals surface area contributed by atoms with Gasteiger partial charge in [0.05, 0.1) is 22.5 Å². The van der Waals surface area contributed by atoms with E-state index in [1.807, 2.05) is 18.2 Å². The molecule has 0 radical (unpaired) electrons. The molecule has 164 valence electrons. The summed E-state index contributed by atoms with van der Waals surface area (Å²) in [5.41, 5.74) is 7.09. The van der Waals surface area contributed by atoms with E-state index >= 15 is 0 Å². The molecule has 5 rings (SSSR count). The van der Waals surface area contributed by atoms with Gasteiger partial charge < -0.3 is 15.8 Å². The van der Waals surface area contributed by atoms with Crippen LogP contribution in [0.4, 0.5) is 0 Å². The normalized spacial score (nSPS) is 23.8. The predicted molar refractivity (Wildman–Crippen MR) is 118 cm³/mol. The number of nitrogens with zero attached hydrogens (tertiary/aromatic N) is 3. The van der Waals surface area contributed by atoms with Gasteiger partial charge in [0.1, 0.15) is 11.7 Å².